The van der Waals surface area contributed by atoms with Gasteiger partial charge in [-0.3, -0.25) is 4.99 Å². The zero-order valence-corrected chi connectivity index (χ0v) is 14.1. The van der Waals surface area contributed by atoms with E-state index < -0.39 is 0 Å². The van der Waals surface area contributed by atoms with E-state index >= 15 is 0 Å². The number of aromatic nitrogens is 1. The molecule has 0 aliphatic heterocycles. The first-order valence-corrected chi connectivity index (χ1v) is 7.62. The lowest BCUT2D eigenvalue weighted by Gasteiger charge is -2.24. The predicted octanol–water partition coefficient (Wildman–Crippen LogP) is 1.89. The second kappa shape index (κ2) is 7.59. The molecule has 1 aromatic rings. The second-order valence-corrected chi connectivity index (χ2v) is 6.60. The van der Waals surface area contributed by atoms with Crippen molar-refractivity contribution in [1.29, 1.82) is 0 Å². The lowest BCUT2D eigenvalue weighted by Crippen LogP contribution is -2.45. The maximum absolute atomic E-state index is 5.37. The van der Waals surface area contributed by atoms with Gasteiger partial charge in [0.25, 0.3) is 0 Å². The standard InChI is InChI=1S/C14H26N4OS/c1-10-12(20-11(2)18-10)7-8-16-13(15-5)17-9-14(3,4)19-6/h7-9H2,1-6H3,(H2,15,16,17). The Morgan fingerprint density at radius 3 is 2.55 bits per heavy atom. The molecule has 0 aromatic carbocycles. The molecule has 114 valence electrons. The highest BCUT2D eigenvalue weighted by atomic mass is 32.1. The minimum absolute atomic E-state index is 0.205. The number of thiazole rings is 1. The van der Waals surface area contributed by atoms with Gasteiger partial charge in [0, 0.05) is 38.5 Å². The van der Waals surface area contributed by atoms with E-state index in [1.54, 1.807) is 25.5 Å². The Balaban J connectivity index is 2.37. The first kappa shape index (κ1) is 16.9. The van der Waals surface area contributed by atoms with Crippen molar-refractivity contribution < 1.29 is 4.74 Å². The fourth-order valence-electron chi connectivity index (χ4n) is 1.69. The number of rotatable bonds is 6. The predicted molar refractivity (Wildman–Crippen MR) is 85.7 cm³/mol. The van der Waals surface area contributed by atoms with E-state index in [0.29, 0.717) is 6.54 Å². The molecule has 1 rings (SSSR count). The molecule has 5 nitrogen and oxygen atoms in total. The highest BCUT2D eigenvalue weighted by molar-refractivity contribution is 7.11. The number of aryl methyl sites for hydroxylation is 2. The number of hydrogen-bond acceptors (Lipinski definition) is 4. The molecule has 0 amide bonds. The van der Waals surface area contributed by atoms with Crippen LogP contribution in [0, 0.1) is 13.8 Å². The molecule has 0 radical (unpaired) electrons. The van der Waals surface area contributed by atoms with Crippen molar-refractivity contribution in [2.24, 2.45) is 4.99 Å². The fraction of sp³-hybridized carbons (Fsp3) is 0.714. The van der Waals surface area contributed by atoms with Gasteiger partial charge in [0.05, 0.1) is 16.3 Å². The number of nitrogens with zero attached hydrogens (tertiary/aromatic N) is 2. The van der Waals surface area contributed by atoms with Gasteiger partial charge in [0.1, 0.15) is 0 Å². The number of aliphatic imine (C=N–C) groups is 1. The molecule has 0 bridgehead atoms. The SMILES string of the molecule is CN=C(NCCc1sc(C)nc1C)NCC(C)(C)OC. The van der Waals surface area contributed by atoms with E-state index in [1.165, 1.54) is 4.88 Å². The minimum Gasteiger partial charge on any atom is -0.377 e. The van der Waals surface area contributed by atoms with Crippen molar-refractivity contribution >= 4 is 17.3 Å². The monoisotopic (exact) mass is 298 g/mol. The van der Waals surface area contributed by atoms with Crippen LogP contribution in [0.2, 0.25) is 0 Å². The Kier molecular flexibility index (Phi) is 6.42. The van der Waals surface area contributed by atoms with Gasteiger partial charge in [-0.25, -0.2) is 4.98 Å². The summed E-state index contributed by atoms with van der Waals surface area (Å²) in [6.07, 6.45) is 0.964. The molecule has 0 aliphatic rings. The van der Waals surface area contributed by atoms with Crippen molar-refractivity contribution in [2.45, 2.75) is 39.7 Å². The number of methoxy groups -OCH3 is 1. The summed E-state index contributed by atoms with van der Waals surface area (Å²) >= 11 is 1.76. The Morgan fingerprint density at radius 2 is 2.05 bits per heavy atom. The van der Waals surface area contributed by atoms with Crippen LogP contribution in [-0.2, 0) is 11.2 Å². The summed E-state index contributed by atoms with van der Waals surface area (Å²) in [5, 5.41) is 7.71. The summed E-state index contributed by atoms with van der Waals surface area (Å²) in [4.78, 5) is 9.98. The number of ether oxygens (including phenoxy) is 1. The van der Waals surface area contributed by atoms with Gasteiger partial charge in [-0.15, -0.1) is 11.3 Å². The largest absolute Gasteiger partial charge is 0.377 e. The molecule has 0 fully saturated rings. The average molecular weight is 298 g/mol. The number of hydrogen-bond donors (Lipinski definition) is 2. The van der Waals surface area contributed by atoms with Crippen molar-refractivity contribution in [2.75, 3.05) is 27.2 Å². The highest BCUT2D eigenvalue weighted by Crippen LogP contribution is 2.16. The van der Waals surface area contributed by atoms with Gasteiger partial charge < -0.3 is 15.4 Å². The van der Waals surface area contributed by atoms with Crippen LogP contribution in [0.5, 0.6) is 0 Å². The van der Waals surface area contributed by atoms with E-state index in [9.17, 15) is 0 Å². The van der Waals surface area contributed by atoms with E-state index in [2.05, 4.69) is 27.5 Å². The summed E-state index contributed by atoms with van der Waals surface area (Å²) in [6, 6.07) is 0. The summed E-state index contributed by atoms with van der Waals surface area (Å²) in [5.41, 5.74) is 0.931. The van der Waals surface area contributed by atoms with Crippen LogP contribution in [0.3, 0.4) is 0 Å². The molecule has 6 heteroatoms. The van der Waals surface area contributed by atoms with Gasteiger partial charge in [0.15, 0.2) is 5.96 Å². The third-order valence-corrected chi connectivity index (χ3v) is 4.23. The summed E-state index contributed by atoms with van der Waals surface area (Å²) in [6.45, 7) is 9.74. The molecular weight excluding hydrogens is 272 g/mol. The lowest BCUT2D eigenvalue weighted by atomic mass is 10.1. The van der Waals surface area contributed by atoms with E-state index in [4.69, 9.17) is 4.74 Å². The Bertz CT molecular complexity index is 454. The van der Waals surface area contributed by atoms with Crippen LogP contribution >= 0.6 is 11.3 Å². The zero-order chi connectivity index (χ0) is 15.2. The van der Waals surface area contributed by atoms with Crippen LogP contribution < -0.4 is 10.6 Å². The fourth-order valence-corrected chi connectivity index (χ4v) is 2.63. The smallest absolute Gasteiger partial charge is 0.191 e. The van der Waals surface area contributed by atoms with Crippen molar-refractivity contribution in [3.8, 4) is 0 Å². The average Bonchev–Trinajstić information content (AvgIpc) is 2.72. The van der Waals surface area contributed by atoms with Crippen LogP contribution in [0.25, 0.3) is 0 Å². The quantitative estimate of drug-likeness (QED) is 0.622. The topological polar surface area (TPSA) is 58.5 Å². The van der Waals surface area contributed by atoms with Crippen LogP contribution in [0.15, 0.2) is 4.99 Å². The highest BCUT2D eigenvalue weighted by Gasteiger charge is 2.16. The second-order valence-electron chi connectivity index (χ2n) is 5.31. The third kappa shape index (κ3) is 5.46. The Morgan fingerprint density at radius 1 is 1.35 bits per heavy atom. The zero-order valence-electron chi connectivity index (χ0n) is 13.3. The molecule has 0 saturated heterocycles. The first-order valence-electron chi connectivity index (χ1n) is 6.80. The summed E-state index contributed by atoms with van der Waals surface area (Å²) < 4.78 is 5.37. The van der Waals surface area contributed by atoms with E-state index in [0.717, 1.165) is 29.6 Å². The molecule has 1 aromatic heterocycles. The minimum atomic E-state index is -0.205. The van der Waals surface area contributed by atoms with Crippen molar-refractivity contribution in [3.63, 3.8) is 0 Å². The number of guanidine groups is 1. The van der Waals surface area contributed by atoms with Crippen LogP contribution in [-0.4, -0.2) is 43.8 Å². The molecule has 0 atom stereocenters. The molecule has 1 heterocycles. The molecular formula is C14H26N4OS. The number of nitrogens with one attached hydrogen (secondary N) is 2. The van der Waals surface area contributed by atoms with Gasteiger partial charge in [-0.1, -0.05) is 0 Å². The lowest BCUT2D eigenvalue weighted by molar-refractivity contribution is 0.0268. The molecule has 0 spiro atoms. The molecule has 0 saturated carbocycles. The van der Waals surface area contributed by atoms with Crippen LogP contribution in [0.1, 0.15) is 29.4 Å². The molecule has 2 N–H and O–H groups in total. The van der Waals surface area contributed by atoms with Crippen molar-refractivity contribution in [3.05, 3.63) is 15.6 Å². The third-order valence-electron chi connectivity index (χ3n) is 3.10. The van der Waals surface area contributed by atoms with E-state index in [1.807, 2.05) is 20.8 Å². The Hall–Kier alpha value is -1.14. The van der Waals surface area contributed by atoms with Crippen LogP contribution in [0.4, 0.5) is 0 Å². The Labute approximate surface area is 125 Å². The molecule has 0 aliphatic carbocycles. The van der Waals surface area contributed by atoms with Crippen molar-refractivity contribution in [1.82, 2.24) is 15.6 Å². The van der Waals surface area contributed by atoms with Gasteiger partial charge >= 0.3 is 0 Å². The summed E-state index contributed by atoms with van der Waals surface area (Å²) in [5.74, 6) is 0.800. The van der Waals surface area contributed by atoms with Gasteiger partial charge in [0.2, 0.25) is 0 Å². The summed E-state index contributed by atoms with van der Waals surface area (Å²) in [7, 11) is 3.49. The molecule has 0 unspecified atom stereocenters. The van der Waals surface area contributed by atoms with E-state index in [-0.39, 0.29) is 5.60 Å². The first-order chi connectivity index (χ1) is 9.38. The van der Waals surface area contributed by atoms with Gasteiger partial charge in [-0.05, 0) is 27.7 Å². The molecule has 20 heavy (non-hydrogen) atoms. The normalized spacial score (nSPS) is 12.6. The van der Waals surface area contributed by atoms with Gasteiger partial charge in [-0.2, -0.15) is 0 Å². The maximum Gasteiger partial charge on any atom is 0.191 e. The maximum atomic E-state index is 5.37.